The van der Waals surface area contributed by atoms with E-state index in [2.05, 4.69) is 23.1 Å². The first-order valence-corrected chi connectivity index (χ1v) is 3.17. The number of hydrogen-bond acceptors (Lipinski definition) is 4. The van der Waals surface area contributed by atoms with Crippen molar-refractivity contribution >= 4 is 5.84 Å². The van der Waals surface area contributed by atoms with Gasteiger partial charge in [-0.25, -0.2) is 5.53 Å². The van der Waals surface area contributed by atoms with Crippen molar-refractivity contribution in [1.82, 2.24) is 16.1 Å². The fourth-order valence-electron chi connectivity index (χ4n) is 0.749. The predicted molar refractivity (Wildman–Crippen MR) is 36.4 cm³/mol. The number of hydrazine groups is 2. The molecule has 0 aliphatic carbocycles. The number of nitrogens with one attached hydrogen (secondary N) is 2. The molecule has 0 atom stereocenters. The Kier molecular flexibility index (Phi) is 1.89. The average Bonchev–Trinajstić information content (AvgIpc) is 2.18. The van der Waals surface area contributed by atoms with E-state index in [0.717, 1.165) is 18.8 Å². The normalized spacial score (nSPS) is 17.6. The molecule has 0 aromatic rings. The Labute approximate surface area is 54.9 Å². The highest BCUT2D eigenvalue weighted by molar-refractivity contribution is 5.79. The van der Waals surface area contributed by atoms with Crippen LogP contribution in [0.5, 0.6) is 0 Å². The molecule has 0 aromatic carbocycles. The zero-order chi connectivity index (χ0) is 6.69. The summed E-state index contributed by atoms with van der Waals surface area (Å²) in [4.78, 5) is 0. The largest absolute Gasteiger partial charge is 0.275 e. The van der Waals surface area contributed by atoms with Crippen LogP contribution in [0.3, 0.4) is 0 Å². The van der Waals surface area contributed by atoms with Gasteiger partial charge in [0.2, 0.25) is 0 Å². The highest BCUT2D eigenvalue weighted by Crippen LogP contribution is 1.91. The molecule has 0 bridgehead atoms. The lowest BCUT2D eigenvalue weighted by Gasteiger charge is -2.14. The quantitative estimate of drug-likeness (QED) is 0.552. The van der Waals surface area contributed by atoms with E-state index in [1.54, 1.807) is 0 Å². The van der Waals surface area contributed by atoms with Gasteiger partial charge in [-0.1, -0.05) is 6.92 Å². The lowest BCUT2D eigenvalue weighted by atomic mass is 10.4. The summed E-state index contributed by atoms with van der Waals surface area (Å²) in [7, 11) is 0. The second-order valence-electron chi connectivity index (χ2n) is 2.03. The molecule has 1 aliphatic rings. The third kappa shape index (κ3) is 1.32. The van der Waals surface area contributed by atoms with Gasteiger partial charge in [0.25, 0.3) is 0 Å². The zero-order valence-electron chi connectivity index (χ0n) is 5.81. The maximum Gasteiger partial charge on any atom is 0.138 e. The molecule has 0 saturated carbocycles. The van der Waals surface area contributed by atoms with Crippen LogP contribution < -0.4 is 11.1 Å². The molecule has 0 aromatic heterocycles. The van der Waals surface area contributed by atoms with E-state index in [1.165, 1.54) is 0 Å². The molecule has 9 heavy (non-hydrogen) atoms. The Morgan fingerprint density at radius 2 is 2.44 bits per heavy atom. The van der Waals surface area contributed by atoms with Gasteiger partial charge in [-0.2, -0.15) is 0 Å². The fourth-order valence-corrected chi connectivity index (χ4v) is 0.749. The van der Waals surface area contributed by atoms with Crippen molar-refractivity contribution in [3.63, 3.8) is 0 Å². The molecule has 0 saturated heterocycles. The Balaban J connectivity index is 2.34. The van der Waals surface area contributed by atoms with Crippen molar-refractivity contribution in [1.29, 1.82) is 0 Å². The maximum absolute atomic E-state index is 3.92. The minimum Gasteiger partial charge on any atom is -0.275 e. The van der Waals surface area contributed by atoms with E-state index < -0.39 is 0 Å². The number of amidine groups is 1. The van der Waals surface area contributed by atoms with Crippen LogP contribution in [-0.2, 0) is 0 Å². The van der Waals surface area contributed by atoms with E-state index in [-0.39, 0.29) is 0 Å². The molecule has 0 unspecified atom stereocenters. The molecule has 52 valence electrons. The molecule has 4 nitrogen and oxygen atoms in total. The molecule has 0 radical (unpaired) electrons. The minimum absolute atomic E-state index is 0.997. The Bertz CT molecular complexity index is 120. The van der Waals surface area contributed by atoms with Gasteiger partial charge in [0.1, 0.15) is 5.84 Å². The van der Waals surface area contributed by atoms with Crippen LogP contribution in [0, 0.1) is 0 Å². The molecular weight excluding hydrogens is 116 g/mol. The second kappa shape index (κ2) is 2.68. The fraction of sp³-hybridized carbons (Fsp3) is 0.800. The summed E-state index contributed by atoms with van der Waals surface area (Å²) in [6, 6.07) is 0. The van der Waals surface area contributed by atoms with Gasteiger partial charge in [0, 0.05) is 6.54 Å². The van der Waals surface area contributed by atoms with E-state index in [0.29, 0.717) is 0 Å². The SMILES string of the molecule is CCCN1NNN=C1C. The third-order valence-corrected chi connectivity index (χ3v) is 1.24. The second-order valence-corrected chi connectivity index (χ2v) is 2.03. The third-order valence-electron chi connectivity index (χ3n) is 1.24. The number of rotatable bonds is 2. The molecule has 0 amide bonds. The van der Waals surface area contributed by atoms with Crippen LogP contribution in [0.2, 0.25) is 0 Å². The Morgan fingerprint density at radius 3 is 2.89 bits per heavy atom. The summed E-state index contributed by atoms with van der Waals surface area (Å²) < 4.78 is 0. The van der Waals surface area contributed by atoms with Crippen molar-refractivity contribution < 1.29 is 0 Å². The first kappa shape index (κ1) is 6.35. The summed E-state index contributed by atoms with van der Waals surface area (Å²) >= 11 is 0. The zero-order valence-corrected chi connectivity index (χ0v) is 5.81. The van der Waals surface area contributed by atoms with Crippen molar-refractivity contribution in [2.24, 2.45) is 5.10 Å². The van der Waals surface area contributed by atoms with E-state index in [1.807, 2.05) is 11.9 Å². The van der Waals surface area contributed by atoms with Gasteiger partial charge in [-0.05, 0) is 13.3 Å². The molecule has 1 rings (SSSR count). The number of hydrazone groups is 1. The summed E-state index contributed by atoms with van der Waals surface area (Å²) in [6.45, 7) is 5.10. The molecule has 1 heterocycles. The first-order chi connectivity index (χ1) is 4.34. The van der Waals surface area contributed by atoms with E-state index >= 15 is 0 Å². The van der Waals surface area contributed by atoms with Crippen LogP contribution in [-0.4, -0.2) is 17.4 Å². The van der Waals surface area contributed by atoms with Gasteiger partial charge < -0.3 is 0 Å². The van der Waals surface area contributed by atoms with Crippen LogP contribution in [0.4, 0.5) is 0 Å². The lowest BCUT2D eigenvalue weighted by Crippen LogP contribution is -2.40. The van der Waals surface area contributed by atoms with Crippen LogP contribution in [0.25, 0.3) is 0 Å². The van der Waals surface area contributed by atoms with Crippen LogP contribution in [0.15, 0.2) is 5.10 Å². The molecule has 2 N–H and O–H groups in total. The minimum atomic E-state index is 0.997. The molecular formula is C5H12N4. The molecule has 0 spiro atoms. The molecule has 1 aliphatic heterocycles. The highest BCUT2D eigenvalue weighted by Gasteiger charge is 2.08. The van der Waals surface area contributed by atoms with Crippen molar-refractivity contribution in [2.45, 2.75) is 20.3 Å². The molecule has 0 fully saturated rings. The van der Waals surface area contributed by atoms with Gasteiger partial charge in [-0.3, -0.25) is 5.01 Å². The Hall–Kier alpha value is -0.770. The monoisotopic (exact) mass is 128 g/mol. The summed E-state index contributed by atoms with van der Waals surface area (Å²) in [5, 5.41) is 5.89. The average molecular weight is 128 g/mol. The van der Waals surface area contributed by atoms with Crippen molar-refractivity contribution in [3.05, 3.63) is 0 Å². The predicted octanol–water partition coefficient (Wildman–Crippen LogP) is 0.0546. The van der Waals surface area contributed by atoms with Crippen LogP contribution >= 0.6 is 0 Å². The standard InChI is InChI=1S/C5H12N4/c1-3-4-9-5(2)6-7-8-9/h7-8H,3-4H2,1-2H3. The van der Waals surface area contributed by atoms with Gasteiger partial charge in [-0.15, -0.1) is 10.6 Å². The first-order valence-electron chi connectivity index (χ1n) is 3.17. The van der Waals surface area contributed by atoms with Crippen molar-refractivity contribution in [3.8, 4) is 0 Å². The van der Waals surface area contributed by atoms with Crippen LogP contribution in [0.1, 0.15) is 20.3 Å². The number of nitrogens with zero attached hydrogens (tertiary/aromatic N) is 2. The Morgan fingerprint density at radius 1 is 1.67 bits per heavy atom. The van der Waals surface area contributed by atoms with Gasteiger partial charge in [0.15, 0.2) is 0 Å². The topological polar surface area (TPSA) is 39.7 Å². The van der Waals surface area contributed by atoms with E-state index in [4.69, 9.17) is 0 Å². The molecule has 4 heteroatoms. The smallest absolute Gasteiger partial charge is 0.138 e. The van der Waals surface area contributed by atoms with Gasteiger partial charge >= 0.3 is 0 Å². The lowest BCUT2D eigenvalue weighted by molar-refractivity contribution is 0.294. The van der Waals surface area contributed by atoms with Gasteiger partial charge in [0.05, 0.1) is 0 Å². The summed E-state index contributed by atoms with van der Waals surface area (Å²) in [5.41, 5.74) is 5.56. The highest BCUT2D eigenvalue weighted by atomic mass is 15.8. The maximum atomic E-state index is 3.92. The summed E-state index contributed by atoms with van der Waals surface area (Å²) in [6.07, 6.45) is 1.13. The number of hydrogen-bond donors (Lipinski definition) is 2. The van der Waals surface area contributed by atoms with Crippen molar-refractivity contribution in [2.75, 3.05) is 6.54 Å². The summed E-state index contributed by atoms with van der Waals surface area (Å²) in [5.74, 6) is 0.997. The van der Waals surface area contributed by atoms with E-state index in [9.17, 15) is 0 Å².